The SMILES string of the molecule is COCCS(=O)CCCC(=O)Nc1ccc(C#N)cc1. The van der Waals surface area contributed by atoms with Crippen molar-refractivity contribution < 1.29 is 13.7 Å². The lowest BCUT2D eigenvalue weighted by Gasteiger charge is -2.05. The van der Waals surface area contributed by atoms with Crippen molar-refractivity contribution in [2.75, 3.05) is 30.5 Å². The zero-order chi connectivity index (χ0) is 14.8. The summed E-state index contributed by atoms with van der Waals surface area (Å²) in [6.45, 7) is 0.476. The number of rotatable bonds is 8. The van der Waals surface area contributed by atoms with Gasteiger partial charge < -0.3 is 10.1 Å². The topological polar surface area (TPSA) is 79.2 Å². The van der Waals surface area contributed by atoms with Gasteiger partial charge in [0.05, 0.1) is 18.2 Å². The lowest BCUT2D eigenvalue weighted by molar-refractivity contribution is -0.116. The number of nitriles is 1. The van der Waals surface area contributed by atoms with Crippen LogP contribution < -0.4 is 5.32 Å². The molecule has 1 unspecified atom stereocenters. The molecule has 108 valence electrons. The van der Waals surface area contributed by atoms with Crippen molar-refractivity contribution in [3.8, 4) is 6.07 Å². The normalized spacial score (nSPS) is 11.6. The maximum Gasteiger partial charge on any atom is 0.224 e. The molecule has 0 saturated carbocycles. The number of amides is 1. The van der Waals surface area contributed by atoms with Gasteiger partial charge in [-0.25, -0.2) is 0 Å². The van der Waals surface area contributed by atoms with Crippen LogP contribution in [0.25, 0.3) is 0 Å². The quantitative estimate of drug-likeness (QED) is 0.791. The van der Waals surface area contributed by atoms with Crippen molar-refractivity contribution in [1.82, 2.24) is 0 Å². The maximum absolute atomic E-state index is 11.7. The highest BCUT2D eigenvalue weighted by Crippen LogP contribution is 2.09. The van der Waals surface area contributed by atoms with Gasteiger partial charge in [-0.1, -0.05) is 0 Å². The van der Waals surface area contributed by atoms with Crippen LogP contribution >= 0.6 is 0 Å². The van der Waals surface area contributed by atoms with Crippen LogP contribution in [0.1, 0.15) is 18.4 Å². The van der Waals surface area contributed by atoms with Gasteiger partial charge in [0.25, 0.3) is 0 Å². The van der Waals surface area contributed by atoms with Gasteiger partial charge >= 0.3 is 0 Å². The van der Waals surface area contributed by atoms with E-state index in [1.165, 1.54) is 0 Å². The fraction of sp³-hybridized carbons (Fsp3) is 0.429. The average molecular weight is 294 g/mol. The van der Waals surface area contributed by atoms with E-state index in [0.717, 1.165) is 0 Å². The minimum absolute atomic E-state index is 0.113. The summed E-state index contributed by atoms with van der Waals surface area (Å²) in [7, 11) is 0.643. The van der Waals surface area contributed by atoms with E-state index in [-0.39, 0.29) is 5.91 Å². The summed E-state index contributed by atoms with van der Waals surface area (Å²) >= 11 is 0. The summed E-state index contributed by atoms with van der Waals surface area (Å²) in [5, 5.41) is 11.4. The molecule has 1 amide bonds. The largest absolute Gasteiger partial charge is 0.384 e. The molecule has 0 fully saturated rings. The van der Waals surface area contributed by atoms with Crippen LogP contribution in [0.15, 0.2) is 24.3 Å². The third kappa shape index (κ3) is 6.45. The van der Waals surface area contributed by atoms with Gasteiger partial charge in [0.2, 0.25) is 5.91 Å². The number of carbonyl (C=O) groups excluding carboxylic acids is 1. The van der Waals surface area contributed by atoms with Crippen LogP contribution in [-0.4, -0.2) is 35.3 Å². The second kappa shape index (κ2) is 9.23. The highest BCUT2D eigenvalue weighted by Gasteiger charge is 2.05. The minimum atomic E-state index is -0.928. The number of methoxy groups -OCH3 is 1. The Labute approximate surface area is 121 Å². The molecule has 6 heteroatoms. The molecule has 1 N–H and O–H groups in total. The third-order valence-electron chi connectivity index (χ3n) is 2.59. The fourth-order valence-corrected chi connectivity index (χ4v) is 2.55. The Morgan fingerprint density at radius 1 is 1.35 bits per heavy atom. The van der Waals surface area contributed by atoms with Gasteiger partial charge in [0.15, 0.2) is 0 Å². The maximum atomic E-state index is 11.7. The minimum Gasteiger partial charge on any atom is -0.384 e. The van der Waals surface area contributed by atoms with Gasteiger partial charge in [-0.2, -0.15) is 5.26 Å². The molecular weight excluding hydrogens is 276 g/mol. The van der Waals surface area contributed by atoms with Gasteiger partial charge in [0, 0.05) is 41.5 Å². The van der Waals surface area contributed by atoms with Crippen LogP contribution in [-0.2, 0) is 20.3 Å². The van der Waals surface area contributed by atoms with Crippen molar-refractivity contribution >= 4 is 22.4 Å². The van der Waals surface area contributed by atoms with Crippen LogP contribution in [0.3, 0.4) is 0 Å². The molecular formula is C14H18N2O3S. The number of carbonyl (C=O) groups is 1. The van der Waals surface area contributed by atoms with Crippen molar-refractivity contribution in [3.63, 3.8) is 0 Å². The molecule has 0 spiro atoms. The van der Waals surface area contributed by atoms with Crippen molar-refractivity contribution in [2.24, 2.45) is 0 Å². The Hall–Kier alpha value is -1.71. The van der Waals surface area contributed by atoms with Crippen molar-refractivity contribution in [3.05, 3.63) is 29.8 Å². The van der Waals surface area contributed by atoms with E-state index >= 15 is 0 Å². The monoisotopic (exact) mass is 294 g/mol. The zero-order valence-electron chi connectivity index (χ0n) is 11.4. The van der Waals surface area contributed by atoms with E-state index in [1.807, 2.05) is 6.07 Å². The van der Waals surface area contributed by atoms with E-state index in [2.05, 4.69) is 5.32 Å². The van der Waals surface area contributed by atoms with Crippen LogP contribution in [0, 0.1) is 11.3 Å². The summed E-state index contributed by atoms with van der Waals surface area (Å²) in [5.74, 6) is 0.899. The molecule has 0 heterocycles. The number of nitrogens with one attached hydrogen (secondary N) is 1. The first kappa shape index (κ1) is 16.3. The number of nitrogens with zero attached hydrogens (tertiary/aromatic N) is 1. The molecule has 0 aliphatic carbocycles. The highest BCUT2D eigenvalue weighted by molar-refractivity contribution is 7.84. The first-order valence-corrected chi connectivity index (χ1v) is 7.78. The average Bonchev–Trinajstić information content (AvgIpc) is 2.46. The Morgan fingerprint density at radius 2 is 2.05 bits per heavy atom. The number of benzene rings is 1. The Morgan fingerprint density at radius 3 is 2.65 bits per heavy atom. The van der Waals surface area contributed by atoms with Crippen molar-refractivity contribution in [2.45, 2.75) is 12.8 Å². The molecule has 0 bridgehead atoms. The van der Waals surface area contributed by atoms with E-state index in [1.54, 1.807) is 31.4 Å². The van der Waals surface area contributed by atoms with Gasteiger partial charge in [0.1, 0.15) is 0 Å². The molecule has 0 aliphatic heterocycles. The lowest BCUT2D eigenvalue weighted by Crippen LogP contribution is -2.14. The number of anilines is 1. The predicted octanol–water partition coefficient (Wildman–Crippen LogP) is 1.67. The molecule has 1 rings (SSSR count). The Balaban J connectivity index is 2.26. The van der Waals surface area contributed by atoms with E-state index in [0.29, 0.717) is 42.2 Å². The molecule has 0 saturated heterocycles. The number of ether oxygens (including phenoxy) is 1. The molecule has 1 atom stereocenters. The summed E-state index contributed by atoms with van der Waals surface area (Å²) in [6.07, 6.45) is 0.914. The standard InChI is InChI=1S/C14H18N2O3S/c1-19-8-10-20(18)9-2-3-14(17)16-13-6-4-12(11-15)5-7-13/h4-7H,2-3,8-10H2,1H3,(H,16,17). The smallest absolute Gasteiger partial charge is 0.224 e. The van der Waals surface area contributed by atoms with Crippen molar-refractivity contribution in [1.29, 1.82) is 5.26 Å². The van der Waals surface area contributed by atoms with E-state index in [4.69, 9.17) is 10.00 Å². The summed E-state index contributed by atoms with van der Waals surface area (Å²) in [6, 6.07) is 8.69. The van der Waals surface area contributed by atoms with Gasteiger partial charge in [-0.15, -0.1) is 0 Å². The lowest BCUT2D eigenvalue weighted by atomic mass is 10.2. The Kier molecular flexibility index (Phi) is 7.55. The molecule has 0 radical (unpaired) electrons. The van der Waals surface area contributed by atoms with Crippen LogP contribution in [0.4, 0.5) is 5.69 Å². The third-order valence-corrected chi connectivity index (χ3v) is 3.95. The van der Waals surface area contributed by atoms with Gasteiger partial charge in [-0.05, 0) is 30.7 Å². The van der Waals surface area contributed by atoms with Gasteiger partial charge in [-0.3, -0.25) is 9.00 Å². The molecule has 1 aromatic carbocycles. The first-order valence-electron chi connectivity index (χ1n) is 6.29. The predicted molar refractivity (Wildman–Crippen MR) is 78.8 cm³/mol. The van der Waals surface area contributed by atoms with Crippen LogP contribution in [0.5, 0.6) is 0 Å². The summed E-state index contributed by atoms with van der Waals surface area (Å²) < 4.78 is 16.3. The van der Waals surface area contributed by atoms with E-state index < -0.39 is 10.8 Å². The summed E-state index contributed by atoms with van der Waals surface area (Å²) in [4.78, 5) is 11.7. The zero-order valence-corrected chi connectivity index (χ0v) is 12.2. The van der Waals surface area contributed by atoms with Crippen LogP contribution in [0.2, 0.25) is 0 Å². The number of hydrogen-bond acceptors (Lipinski definition) is 4. The molecule has 0 aliphatic rings. The number of hydrogen-bond donors (Lipinski definition) is 1. The molecule has 0 aromatic heterocycles. The Bertz CT molecular complexity index is 494. The second-order valence-corrected chi connectivity index (χ2v) is 5.88. The molecule has 1 aromatic rings. The highest BCUT2D eigenvalue weighted by atomic mass is 32.2. The first-order chi connectivity index (χ1) is 9.65. The summed E-state index contributed by atoms with van der Waals surface area (Å²) in [5.41, 5.74) is 1.21. The second-order valence-electron chi connectivity index (χ2n) is 4.18. The molecule has 5 nitrogen and oxygen atoms in total. The fourth-order valence-electron chi connectivity index (χ4n) is 1.52. The van der Waals surface area contributed by atoms with E-state index in [9.17, 15) is 9.00 Å². The molecule has 20 heavy (non-hydrogen) atoms.